The summed E-state index contributed by atoms with van der Waals surface area (Å²) in [6.45, 7) is 4.53. The highest BCUT2D eigenvalue weighted by Crippen LogP contribution is 2.28. The summed E-state index contributed by atoms with van der Waals surface area (Å²) in [5.41, 5.74) is 3.23. The number of carbonyl (C=O) groups is 3. The van der Waals surface area contributed by atoms with Crippen molar-refractivity contribution in [1.29, 1.82) is 0 Å². The molecule has 2 aromatic heterocycles. The first-order chi connectivity index (χ1) is 15.9. The molecule has 8 heteroatoms. The Bertz CT molecular complexity index is 1170. The summed E-state index contributed by atoms with van der Waals surface area (Å²) in [6, 6.07) is 11.5. The van der Waals surface area contributed by atoms with E-state index in [1.807, 2.05) is 55.6 Å². The Balaban J connectivity index is 1.54. The van der Waals surface area contributed by atoms with Crippen LogP contribution in [0.15, 0.2) is 41.8 Å². The van der Waals surface area contributed by atoms with Gasteiger partial charge in [0.2, 0.25) is 5.91 Å². The fraction of sp³-hybridized carbons (Fsp3) is 0.400. The van der Waals surface area contributed by atoms with Crippen molar-refractivity contribution in [2.75, 3.05) is 11.4 Å². The highest BCUT2D eigenvalue weighted by atomic mass is 32.1. The van der Waals surface area contributed by atoms with Gasteiger partial charge in [-0.3, -0.25) is 14.4 Å². The topological polar surface area (TPSA) is 91.6 Å². The first-order valence-electron chi connectivity index (χ1n) is 11.4. The van der Waals surface area contributed by atoms with Gasteiger partial charge in [0.25, 0.3) is 5.91 Å². The fourth-order valence-corrected chi connectivity index (χ4v) is 5.47. The van der Waals surface area contributed by atoms with Gasteiger partial charge >= 0.3 is 5.97 Å². The molecule has 1 aromatic carbocycles. The van der Waals surface area contributed by atoms with Crippen LogP contribution in [0, 0.1) is 12.8 Å². The number of nitrogens with one attached hydrogen (secondary N) is 1. The summed E-state index contributed by atoms with van der Waals surface area (Å²) in [7, 11) is 0. The van der Waals surface area contributed by atoms with Gasteiger partial charge in [-0.05, 0) is 68.7 Å². The molecule has 0 aliphatic heterocycles. The summed E-state index contributed by atoms with van der Waals surface area (Å²) in [6.07, 6.45) is 2.43. The number of amides is 2. The maximum atomic E-state index is 13.3. The number of aliphatic carboxylic acids is 1. The van der Waals surface area contributed by atoms with Crippen LogP contribution in [0.3, 0.4) is 0 Å². The number of nitrogens with zero attached hydrogens (tertiary/aromatic N) is 2. The molecule has 7 nitrogen and oxygen atoms in total. The molecular weight excluding hydrogens is 438 g/mol. The second-order valence-corrected chi connectivity index (χ2v) is 9.52. The molecule has 0 spiro atoms. The molecule has 4 rings (SSSR count). The molecule has 1 aliphatic rings. The summed E-state index contributed by atoms with van der Waals surface area (Å²) in [5, 5.41) is 14.2. The average Bonchev–Trinajstić information content (AvgIpc) is 3.38. The maximum Gasteiger partial charge on any atom is 0.306 e. The van der Waals surface area contributed by atoms with Crippen molar-refractivity contribution in [3.05, 3.63) is 53.0 Å². The number of thiophene rings is 1. The number of fused-ring (bicyclic) bond motifs is 1. The van der Waals surface area contributed by atoms with Crippen molar-refractivity contribution < 1.29 is 19.5 Å². The zero-order valence-electron chi connectivity index (χ0n) is 18.9. The first kappa shape index (κ1) is 23.0. The summed E-state index contributed by atoms with van der Waals surface area (Å²) < 4.78 is 2.76. The smallest absolute Gasteiger partial charge is 0.306 e. The first-order valence-corrected chi connectivity index (χ1v) is 12.2. The van der Waals surface area contributed by atoms with Crippen molar-refractivity contribution in [2.45, 2.75) is 52.1 Å². The van der Waals surface area contributed by atoms with Crippen LogP contribution in [0.2, 0.25) is 0 Å². The van der Waals surface area contributed by atoms with Crippen LogP contribution in [0.1, 0.15) is 48.7 Å². The molecule has 33 heavy (non-hydrogen) atoms. The summed E-state index contributed by atoms with van der Waals surface area (Å²) >= 11 is 1.54. The third kappa shape index (κ3) is 4.80. The van der Waals surface area contributed by atoms with Crippen LogP contribution < -0.4 is 10.2 Å². The number of benzene rings is 1. The minimum atomic E-state index is -0.762. The minimum Gasteiger partial charge on any atom is -0.481 e. The number of rotatable bonds is 7. The van der Waals surface area contributed by atoms with E-state index in [4.69, 9.17) is 0 Å². The predicted molar refractivity (Wildman–Crippen MR) is 130 cm³/mol. The molecule has 2 N–H and O–H groups in total. The molecule has 174 valence electrons. The van der Waals surface area contributed by atoms with Crippen molar-refractivity contribution in [1.82, 2.24) is 9.88 Å². The Morgan fingerprint density at radius 3 is 2.55 bits per heavy atom. The normalized spacial score (nSPS) is 18.2. The van der Waals surface area contributed by atoms with Gasteiger partial charge in [0, 0.05) is 18.3 Å². The molecule has 1 fully saturated rings. The number of hydrogen-bond donors (Lipinski definition) is 2. The monoisotopic (exact) mass is 467 g/mol. The zero-order chi connectivity index (χ0) is 23.5. The third-order valence-corrected chi connectivity index (χ3v) is 7.34. The Hall–Kier alpha value is -3.13. The maximum absolute atomic E-state index is 13.3. The standard InChI is InChI=1S/C25H29N3O4S/c1-3-27(19-7-5-4-6-16(19)2)23(29)15-28-20-12-13-33-22(20)14-21(28)24(30)26-18-10-8-17(9-11-18)25(31)32/h4-7,12-14,17-18H,3,8-11,15H2,1-2H3,(H,26,30)(H,31,32)/t17-,18-. The Kier molecular flexibility index (Phi) is 6.83. The Labute approximate surface area is 197 Å². The van der Waals surface area contributed by atoms with Gasteiger partial charge in [-0.2, -0.15) is 0 Å². The minimum absolute atomic E-state index is 0.0516. The van der Waals surface area contributed by atoms with E-state index in [0.29, 0.717) is 37.9 Å². The van der Waals surface area contributed by atoms with E-state index in [-0.39, 0.29) is 30.3 Å². The van der Waals surface area contributed by atoms with Gasteiger partial charge in [-0.15, -0.1) is 11.3 Å². The van der Waals surface area contributed by atoms with Gasteiger partial charge in [0.15, 0.2) is 0 Å². The largest absolute Gasteiger partial charge is 0.481 e. The van der Waals surface area contributed by atoms with E-state index in [2.05, 4.69) is 5.32 Å². The molecule has 0 bridgehead atoms. The summed E-state index contributed by atoms with van der Waals surface area (Å²) in [4.78, 5) is 39.5. The van der Waals surface area contributed by atoms with E-state index >= 15 is 0 Å². The van der Waals surface area contributed by atoms with Crippen LogP contribution >= 0.6 is 11.3 Å². The molecule has 0 unspecified atom stereocenters. The Morgan fingerprint density at radius 1 is 1.15 bits per heavy atom. The Morgan fingerprint density at radius 2 is 1.88 bits per heavy atom. The quantitative estimate of drug-likeness (QED) is 0.537. The number of carbonyl (C=O) groups excluding carboxylic acids is 2. The van der Waals surface area contributed by atoms with Crippen molar-refractivity contribution in [2.24, 2.45) is 5.92 Å². The summed E-state index contributed by atoms with van der Waals surface area (Å²) in [5.74, 6) is -1.39. The van der Waals surface area contributed by atoms with E-state index in [9.17, 15) is 19.5 Å². The predicted octanol–water partition coefficient (Wildman–Crippen LogP) is 4.44. The van der Waals surface area contributed by atoms with Crippen molar-refractivity contribution in [3.8, 4) is 0 Å². The SMILES string of the molecule is CCN(C(=O)Cn1c(C(=O)N[C@H]2CC[C@H](C(=O)O)CC2)cc2sccc21)c1ccccc1C. The van der Waals surface area contributed by atoms with Gasteiger partial charge in [0.05, 0.1) is 16.1 Å². The van der Waals surface area contributed by atoms with E-state index < -0.39 is 5.97 Å². The molecule has 0 radical (unpaired) electrons. The van der Waals surface area contributed by atoms with Crippen LogP contribution in [0.25, 0.3) is 10.2 Å². The average molecular weight is 468 g/mol. The molecule has 1 aliphatic carbocycles. The lowest BCUT2D eigenvalue weighted by molar-refractivity contribution is -0.142. The van der Waals surface area contributed by atoms with Crippen molar-refractivity contribution in [3.63, 3.8) is 0 Å². The number of aromatic nitrogens is 1. The highest BCUT2D eigenvalue weighted by molar-refractivity contribution is 7.17. The van der Waals surface area contributed by atoms with Gasteiger partial charge in [0.1, 0.15) is 12.2 Å². The number of para-hydroxylation sites is 1. The lowest BCUT2D eigenvalue weighted by atomic mass is 9.86. The zero-order valence-corrected chi connectivity index (χ0v) is 19.7. The second kappa shape index (κ2) is 9.79. The number of anilines is 1. The molecule has 3 aromatic rings. The number of carboxylic acid groups (broad SMARTS) is 1. The lowest BCUT2D eigenvalue weighted by Crippen LogP contribution is -2.40. The molecule has 0 atom stereocenters. The number of hydrogen-bond acceptors (Lipinski definition) is 4. The third-order valence-electron chi connectivity index (χ3n) is 6.48. The number of carboxylic acids is 1. The lowest BCUT2D eigenvalue weighted by Gasteiger charge is -2.27. The van der Waals surface area contributed by atoms with Crippen molar-refractivity contribution >= 4 is 45.0 Å². The fourth-order valence-electron chi connectivity index (χ4n) is 4.65. The molecule has 2 heterocycles. The van der Waals surface area contributed by atoms with Crippen LogP contribution in [-0.4, -0.2) is 40.0 Å². The second-order valence-electron chi connectivity index (χ2n) is 8.57. The van der Waals surface area contributed by atoms with Crippen LogP contribution in [0.5, 0.6) is 0 Å². The van der Waals surface area contributed by atoms with Gasteiger partial charge in [-0.25, -0.2) is 0 Å². The molecule has 1 saturated carbocycles. The number of aryl methyl sites for hydroxylation is 1. The van der Waals surface area contributed by atoms with E-state index in [1.165, 1.54) is 11.3 Å². The highest BCUT2D eigenvalue weighted by Gasteiger charge is 2.28. The molecular formula is C25H29N3O4S. The van der Waals surface area contributed by atoms with E-state index in [1.54, 1.807) is 9.47 Å². The molecule has 0 saturated heterocycles. The van der Waals surface area contributed by atoms with Crippen LogP contribution in [0.4, 0.5) is 5.69 Å². The molecule has 2 amide bonds. The van der Waals surface area contributed by atoms with Crippen LogP contribution in [-0.2, 0) is 16.1 Å². The number of likely N-dealkylation sites (N-methyl/N-ethyl adjacent to an activating group) is 1. The van der Waals surface area contributed by atoms with Gasteiger partial charge in [-0.1, -0.05) is 18.2 Å². The van der Waals surface area contributed by atoms with E-state index in [0.717, 1.165) is 21.5 Å². The van der Waals surface area contributed by atoms with Gasteiger partial charge < -0.3 is 19.9 Å².